The molecule has 0 radical (unpaired) electrons. The van der Waals surface area contributed by atoms with Gasteiger partial charge in [0.25, 0.3) is 0 Å². The molecule has 2 N–H and O–H groups in total. The first-order chi connectivity index (χ1) is 5.27. The average Bonchev–Trinajstić information content (AvgIpc) is 2.67. The first kappa shape index (κ1) is 7.53. The van der Waals surface area contributed by atoms with Crippen molar-refractivity contribution in [2.24, 2.45) is 0 Å². The van der Waals surface area contributed by atoms with Crippen LogP contribution in [0, 0.1) is 0 Å². The normalized spacial score (nSPS) is 50.7. The average molecular weight is 157 g/mol. The highest BCUT2D eigenvalue weighted by atomic mass is 16.6. The molecule has 2 aliphatic rings. The second kappa shape index (κ2) is 2.73. The van der Waals surface area contributed by atoms with Gasteiger partial charge in [-0.25, -0.2) is 0 Å². The Balaban J connectivity index is 1.84. The lowest BCUT2D eigenvalue weighted by atomic mass is 9.98. The van der Waals surface area contributed by atoms with Gasteiger partial charge in [0.1, 0.15) is 0 Å². The van der Waals surface area contributed by atoms with Crippen LogP contribution < -0.4 is 5.32 Å². The number of nitrogens with one attached hydrogen (secondary N) is 1. The van der Waals surface area contributed by atoms with Crippen LogP contribution in [0.1, 0.15) is 19.8 Å². The number of hydrogen-bond acceptors (Lipinski definition) is 3. The third kappa shape index (κ3) is 1.55. The molecule has 2 rings (SSSR count). The molecule has 0 aliphatic carbocycles. The maximum atomic E-state index is 9.35. The highest BCUT2D eigenvalue weighted by Crippen LogP contribution is 2.28. The summed E-state index contributed by atoms with van der Waals surface area (Å²) in [7, 11) is 0. The Morgan fingerprint density at radius 3 is 2.82 bits per heavy atom. The summed E-state index contributed by atoms with van der Waals surface area (Å²) < 4.78 is 5.33. The second-order valence-electron chi connectivity index (χ2n) is 3.54. The smallest absolute Gasteiger partial charge is 0.0992 e. The van der Waals surface area contributed by atoms with Crippen LogP contribution in [0.4, 0.5) is 0 Å². The first-order valence-corrected chi connectivity index (χ1v) is 4.34. The van der Waals surface area contributed by atoms with Gasteiger partial charge in [-0.2, -0.15) is 0 Å². The molecule has 2 saturated heterocycles. The summed E-state index contributed by atoms with van der Waals surface area (Å²) in [6.45, 7) is 3.01. The van der Waals surface area contributed by atoms with E-state index >= 15 is 0 Å². The molecule has 0 bridgehead atoms. The zero-order valence-electron chi connectivity index (χ0n) is 6.79. The van der Waals surface area contributed by atoms with E-state index in [1.54, 1.807) is 0 Å². The Kier molecular flexibility index (Phi) is 1.87. The van der Waals surface area contributed by atoms with Crippen LogP contribution >= 0.6 is 0 Å². The van der Waals surface area contributed by atoms with Gasteiger partial charge in [0.05, 0.1) is 18.3 Å². The summed E-state index contributed by atoms with van der Waals surface area (Å²) in [5, 5.41) is 12.7. The minimum absolute atomic E-state index is 0.113. The summed E-state index contributed by atoms with van der Waals surface area (Å²) in [5.74, 6) is 0. The predicted octanol–water partition coefficient (Wildman–Crippen LogP) is -0.113. The van der Waals surface area contributed by atoms with Crippen molar-refractivity contribution >= 4 is 0 Å². The highest BCUT2D eigenvalue weighted by molar-refractivity contribution is 4.95. The van der Waals surface area contributed by atoms with E-state index in [0.717, 1.165) is 19.4 Å². The fourth-order valence-electron chi connectivity index (χ4n) is 1.80. The molecule has 64 valence electrons. The number of aliphatic hydroxyl groups is 1. The molecule has 4 atom stereocenters. The van der Waals surface area contributed by atoms with E-state index in [0.29, 0.717) is 18.2 Å². The van der Waals surface area contributed by atoms with Crippen LogP contribution in [0.15, 0.2) is 0 Å². The number of epoxide rings is 1. The van der Waals surface area contributed by atoms with Gasteiger partial charge in [-0.05, 0) is 26.3 Å². The molecule has 2 heterocycles. The lowest BCUT2D eigenvalue weighted by Gasteiger charge is -2.25. The monoisotopic (exact) mass is 157 g/mol. The minimum atomic E-state index is -0.113. The van der Waals surface area contributed by atoms with E-state index in [1.807, 2.05) is 0 Å². The van der Waals surface area contributed by atoms with Crippen molar-refractivity contribution in [3.05, 3.63) is 0 Å². The number of piperidine rings is 1. The van der Waals surface area contributed by atoms with Crippen molar-refractivity contribution in [3.8, 4) is 0 Å². The Hall–Kier alpha value is -0.120. The summed E-state index contributed by atoms with van der Waals surface area (Å²) in [5.41, 5.74) is 0. The molecule has 11 heavy (non-hydrogen) atoms. The summed E-state index contributed by atoms with van der Waals surface area (Å²) >= 11 is 0. The Bertz CT molecular complexity index is 151. The maximum absolute atomic E-state index is 9.35. The Morgan fingerprint density at radius 1 is 1.55 bits per heavy atom. The molecule has 3 nitrogen and oxygen atoms in total. The number of aliphatic hydroxyl groups excluding tert-OH is 1. The molecule has 3 heteroatoms. The molecule has 0 spiro atoms. The first-order valence-electron chi connectivity index (χ1n) is 4.34. The van der Waals surface area contributed by atoms with Crippen LogP contribution in [0.5, 0.6) is 0 Å². The predicted molar refractivity (Wildman–Crippen MR) is 41.4 cm³/mol. The van der Waals surface area contributed by atoms with Gasteiger partial charge in [-0.3, -0.25) is 0 Å². The van der Waals surface area contributed by atoms with Gasteiger partial charge >= 0.3 is 0 Å². The van der Waals surface area contributed by atoms with E-state index in [-0.39, 0.29) is 6.10 Å². The topological polar surface area (TPSA) is 44.8 Å². The molecule has 0 aromatic carbocycles. The largest absolute Gasteiger partial charge is 0.393 e. The molecule has 0 aromatic rings. The number of rotatable bonds is 1. The maximum Gasteiger partial charge on any atom is 0.0992 e. The van der Waals surface area contributed by atoms with Gasteiger partial charge in [0.2, 0.25) is 0 Å². The van der Waals surface area contributed by atoms with Crippen molar-refractivity contribution in [1.82, 2.24) is 5.32 Å². The molecule has 0 amide bonds. The standard InChI is InChI=1S/C8H15NO2/c1-5-8(11-5)7-4-6(10)2-3-9-7/h5-10H,2-4H2,1H3. The zero-order valence-corrected chi connectivity index (χ0v) is 6.79. The van der Waals surface area contributed by atoms with Crippen LogP contribution in [0.3, 0.4) is 0 Å². The number of ether oxygens (including phenoxy) is 1. The van der Waals surface area contributed by atoms with Gasteiger partial charge in [-0.15, -0.1) is 0 Å². The number of hydrogen-bond donors (Lipinski definition) is 2. The lowest BCUT2D eigenvalue weighted by Crippen LogP contribution is -2.44. The quantitative estimate of drug-likeness (QED) is 0.522. The van der Waals surface area contributed by atoms with E-state index < -0.39 is 0 Å². The van der Waals surface area contributed by atoms with E-state index in [1.165, 1.54) is 0 Å². The summed E-state index contributed by atoms with van der Waals surface area (Å²) in [6.07, 6.45) is 2.40. The summed E-state index contributed by atoms with van der Waals surface area (Å²) in [6, 6.07) is 0.397. The van der Waals surface area contributed by atoms with Crippen molar-refractivity contribution < 1.29 is 9.84 Å². The molecule has 2 aliphatic heterocycles. The molecular weight excluding hydrogens is 142 g/mol. The van der Waals surface area contributed by atoms with Gasteiger partial charge < -0.3 is 15.2 Å². The third-order valence-corrected chi connectivity index (χ3v) is 2.56. The summed E-state index contributed by atoms with van der Waals surface area (Å²) in [4.78, 5) is 0. The minimum Gasteiger partial charge on any atom is -0.393 e. The van der Waals surface area contributed by atoms with E-state index in [2.05, 4.69) is 12.2 Å². The zero-order chi connectivity index (χ0) is 7.84. The van der Waals surface area contributed by atoms with E-state index in [4.69, 9.17) is 4.74 Å². The van der Waals surface area contributed by atoms with Gasteiger partial charge in [-0.1, -0.05) is 0 Å². The van der Waals surface area contributed by atoms with Crippen molar-refractivity contribution in [2.45, 2.75) is 44.1 Å². The van der Waals surface area contributed by atoms with Gasteiger partial charge in [0.15, 0.2) is 0 Å². The van der Waals surface area contributed by atoms with Crippen LogP contribution in [0.2, 0.25) is 0 Å². The second-order valence-corrected chi connectivity index (χ2v) is 3.54. The molecule has 0 saturated carbocycles. The SMILES string of the molecule is CC1OC1C1CC(O)CCN1. The molecule has 0 aromatic heterocycles. The highest BCUT2D eigenvalue weighted by Gasteiger charge is 2.42. The molecule has 2 fully saturated rings. The van der Waals surface area contributed by atoms with Crippen molar-refractivity contribution in [1.29, 1.82) is 0 Å². The van der Waals surface area contributed by atoms with E-state index in [9.17, 15) is 5.11 Å². The fraction of sp³-hybridized carbons (Fsp3) is 1.00. The van der Waals surface area contributed by atoms with Crippen LogP contribution in [0.25, 0.3) is 0 Å². The Morgan fingerprint density at radius 2 is 2.27 bits per heavy atom. The lowest BCUT2D eigenvalue weighted by molar-refractivity contribution is 0.108. The van der Waals surface area contributed by atoms with Crippen molar-refractivity contribution in [3.63, 3.8) is 0 Å². The molecule has 4 unspecified atom stereocenters. The fourth-order valence-corrected chi connectivity index (χ4v) is 1.80. The Labute approximate surface area is 66.7 Å². The molecular formula is C8H15NO2. The third-order valence-electron chi connectivity index (χ3n) is 2.56. The van der Waals surface area contributed by atoms with Crippen LogP contribution in [-0.2, 0) is 4.74 Å². The van der Waals surface area contributed by atoms with Crippen molar-refractivity contribution in [2.75, 3.05) is 6.54 Å². The van der Waals surface area contributed by atoms with Crippen LogP contribution in [-0.4, -0.2) is 36.0 Å². The van der Waals surface area contributed by atoms with Gasteiger partial charge in [0, 0.05) is 6.04 Å².